The van der Waals surface area contributed by atoms with Crippen molar-refractivity contribution >= 4 is 11.8 Å². The molecule has 0 aliphatic carbocycles. The molecular weight excluding hydrogens is 283 g/mol. The number of rotatable bonds is 8. The maximum Gasteiger partial charge on any atom is 0.389 e. The normalized spacial score (nSPS) is 13.4. The highest BCUT2D eigenvalue weighted by atomic mass is 32.2. The molecule has 1 nitrogen and oxygen atoms in total. The summed E-state index contributed by atoms with van der Waals surface area (Å²) < 4.78 is 37.0. The summed E-state index contributed by atoms with van der Waals surface area (Å²) in [5.41, 5.74) is 1.17. The van der Waals surface area contributed by atoms with Crippen LogP contribution in [0, 0.1) is 6.92 Å². The van der Waals surface area contributed by atoms with Gasteiger partial charge in [-0.25, -0.2) is 0 Å². The Morgan fingerprint density at radius 3 is 2.65 bits per heavy atom. The van der Waals surface area contributed by atoms with Gasteiger partial charge in [-0.05, 0) is 38.4 Å². The molecule has 0 saturated heterocycles. The van der Waals surface area contributed by atoms with E-state index >= 15 is 0 Å². The molecule has 0 radical (unpaired) electrons. The van der Waals surface area contributed by atoms with Gasteiger partial charge in [0.25, 0.3) is 0 Å². The number of nitrogens with one attached hydrogen (secondary N) is 1. The fourth-order valence-corrected chi connectivity index (χ4v) is 2.95. The van der Waals surface area contributed by atoms with Crippen LogP contribution >= 0.6 is 11.8 Å². The van der Waals surface area contributed by atoms with Crippen LogP contribution in [-0.2, 0) is 0 Å². The lowest BCUT2D eigenvalue weighted by molar-refractivity contribution is -0.136. The van der Waals surface area contributed by atoms with Crippen molar-refractivity contribution in [1.29, 1.82) is 0 Å². The molecule has 0 saturated carbocycles. The van der Waals surface area contributed by atoms with Crippen molar-refractivity contribution in [2.75, 3.05) is 12.3 Å². The smallest absolute Gasteiger partial charge is 0.313 e. The summed E-state index contributed by atoms with van der Waals surface area (Å²) >= 11 is 1.61. The molecule has 1 rings (SSSR count). The van der Waals surface area contributed by atoms with E-state index in [1.54, 1.807) is 11.8 Å². The Morgan fingerprint density at radius 1 is 1.30 bits per heavy atom. The van der Waals surface area contributed by atoms with E-state index in [0.29, 0.717) is 5.75 Å². The van der Waals surface area contributed by atoms with Gasteiger partial charge in [0.15, 0.2) is 0 Å². The van der Waals surface area contributed by atoms with E-state index in [1.165, 1.54) is 5.56 Å². The second kappa shape index (κ2) is 8.57. The third-order valence-corrected chi connectivity index (χ3v) is 4.06. The van der Waals surface area contributed by atoms with Crippen molar-refractivity contribution in [3.8, 4) is 0 Å². The van der Waals surface area contributed by atoms with Crippen LogP contribution in [0.25, 0.3) is 0 Å². The van der Waals surface area contributed by atoms with Crippen molar-refractivity contribution in [3.63, 3.8) is 0 Å². The lowest BCUT2D eigenvalue weighted by atomic mass is 10.2. The van der Waals surface area contributed by atoms with Crippen LogP contribution in [0.15, 0.2) is 29.2 Å². The third-order valence-electron chi connectivity index (χ3n) is 2.90. The first kappa shape index (κ1) is 17.4. The van der Waals surface area contributed by atoms with Crippen molar-refractivity contribution in [3.05, 3.63) is 29.8 Å². The van der Waals surface area contributed by atoms with Crippen LogP contribution in [0.1, 0.15) is 31.7 Å². The van der Waals surface area contributed by atoms with Crippen molar-refractivity contribution in [1.82, 2.24) is 5.32 Å². The van der Waals surface area contributed by atoms with Crippen LogP contribution in [-0.4, -0.2) is 24.5 Å². The molecule has 0 fully saturated rings. The Hall–Kier alpha value is -0.680. The quantitative estimate of drug-likeness (QED) is 0.693. The Kier molecular flexibility index (Phi) is 7.45. The van der Waals surface area contributed by atoms with Gasteiger partial charge in [0.1, 0.15) is 0 Å². The molecule has 0 aliphatic heterocycles. The molecular formula is C15H22F3NS. The van der Waals surface area contributed by atoms with Crippen LogP contribution in [0.4, 0.5) is 13.2 Å². The first-order valence-electron chi connectivity index (χ1n) is 6.90. The molecule has 1 aromatic rings. The second-order valence-corrected chi connectivity index (χ2v) is 6.03. The van der Waals surface area contributed by atoms with Crippen LogP contribution in [0.2, 0.25) is 0 Å². The maximum atomic E-state index is 12.3. The zero-order chi connectivity index (χ0) is 15.0. The largest absolute Gasteiger partial charge is 0.389 e. The Labute approximate surface area is 123 Å². The second-order valence-electron chi connectivity index (χ2n) is 4.93. The third kappa shape index (κ3) is 7.80. The molecule has 0 spiro atoms. The fourth-order valence-electron chi connectivity index (χ4n) is 1.83. The van der Waals surface area contributed by atoms with E-state index in [-0.39, 0.29) is 12.5 Å². The van der Waals surface area contributed by atoms with Gasteiger partial charge in [-0.15, -0.1) is 11.8 Å². The average molecular weight is 305 g/mol. The van der Waals surface area contributed by atoms with E-state index < -0.39 is 12.6 Å². The highest BCUT2D eigenvalue weighted by Gasteiger charge is 2.28. The highest BCUT2D eigenvalue weighted by Crippen LogP contribution is 2.25. The van der Waals surface area contributed by atoms with Crippen LogP contribution in [0.3, 0.4) is 0 Å². The Balaban J connectivity index is 2.47. The number of hydrogen-bond acceptors (Lipinski definition) is 2. The number of benzene rings is 1. The van der Waals surface area contributed by atoms with E-state index in [4.69, 9.17) is 0 Å². The molecule has 114 valence electrons. The number of thioether (sulfide) groups is 1. The zero-order valence-corrected chi connectivity index (χ0v) is 12.8. The van der Waals surface area contributed by atoms with Gasteiger partial charge in [-0.3, -0.25) is 0 Å². The number of aryl methyl sites for hydroxylation is 1. The van der Waals surface area contributed by atoms with Gasteiger partial charge in [-0.1, -0.05) is 24.6 Å². The van der Waals surface area contributed by atoms with Gasteiger partial charge in [-0.2, -0.15) is 13.2 Å². The van der Waals surface area contributed by atoms with E-state index in [2.05, 4.69) is 11.4 Å². The Bertz CT molecular complexity index is 393. The van der Waals surface area contributed by atoms with Crippen molar-refractivity contribution in [2.45, 2.75) is 50.2 Å². The van der Waals surface area contributed by atoms with Crippen LogP contribution in [0.5, 0.6) is 0 Å². The number of hydrogen-bond donors (Lipinski definition) is 1. The van der Waals surface area contributed by atoms with Crippen LogP contribution < -0.4 is 5.32 Å². The zero-order valence-electron chi connectivity index (χ0n) is 12.0. The summed E-state index contributed by atoms with van der Waals surface area (Å²) in [4.78, 5) is 1.11. The first-order valence-corrected chi connectivity index (χ1v) is 7.89. The summed E-state index contributed by atoms with van der Waals surface area (Å²) in [6, 6.07) is 7.95. The predicted octanol–water partition coefficient (Wildman–Crippen LogP) is 4.80. The molecule has 20 heavy (non-hydrogen) atoms. The first-order chi connectivity index (χ1) is 9.40. The predicted molar refractivity (Wildman–Crippen MR) is 79.3 cm³/mol. The number of halogens is 3. The lowest BCUT2D eigenvalue weighted by Crippen LogP contribution is -2.33. The highest BCUT2D eigenvalue weighted by molar-refractivity contribution is 7.99. The number of alkyl halides is 3. The summed E-state index contributed by atoms with van der Waals surface area (Å²) in [6.45, 7) is 4.79. The minimum absolute atomic E-state index is 0.0953. The summed E-state index contributed by atoms with van der Waals surface area (Å²) in [5, 5.41) is 3.21. The van der Waals surface area contributed by atoms with E-state index in [9.17, 15) is 13.2 Å². The van der Waals surface area contributed by atoms with Gasteiger partial charge in [0, 0.05) is 23.1 Å². The lowest BCUT2D eigenvalue weighted by Gasteiger charge is -2.19. The molecule has 0 bridgehead atoms. The van der Waals surface area contributed by atoms with Gasteiger partial charge in [0.2, 0.25) is 0 Å². The van der Waals surface area contributed by atoms with E-state index in [0.717, 1.165) is 17.9 Å². The monoisotopic (exact) mass is 305 g/mol. The standard InChI is InChI=1S/C15H22F3NS/c1-3-9-19-13(7-8-15(16,17)18)11-20-14-6-4-5-12(2)10-14/h4-6,10,13,19H,3,7-9,11H2,1-2H3. The van der Waals surface area contributed by atoms with E-state index in [1.807, 2.05) is 32.0 Å². The van der Waals surface area contributed by atoms with Gasteiger partial charge >= 0.3 is 6.18 Å². The minimum Gasteiger partial charge on any atom is -0.313 e. The van der Waals surface area contributed by atoms with Gasteiger partial charge < -0.3 is 5.32 Å². The van der Waals surface area contributed by atoms with Crippen molar-refractivity contribution < 1.29 is 13.2 Å². The average Bonchev–Trinajstić information content (AvgIpc) is 2.37. The molecule has 1 atom stereocenters. The molecule has 0 amide bonds. The SMILES string of the molecule is CCCNC(CCC(F)(F)F)CSc1cccc(C)c1. The minimum atomic E-state index is -4.07. The summed E-state index contributed by atoms with van der Waals surface area (Å²) in [7, 11) is 0. The molecule has 5 heteroatoms. The molecule has 0 aromatic heterocycles. The molecule has 1 aromatic carbocycles. The molecule has 0 aliphatic rings. The molecule has 0 heterocycles. The summed E-state index contributed by atoms with van der Waals surface area (Å²) in [5.74, 6) is 0.666. The molecule has 1 N–H and O–H groups in total. The Morgan fingerprint density at radius 2 is 2.05 bits per heavy atom. The fraction of sp³-hybridized carbons (Fsp3) is 0.600. The summed E-state index contributed by atoms with van der Waals surface area (Å²) in [6.07, 6.45) is -3.72. The maximum absolute atomic E-state index is 12.3. The van der Waals surface area contributed by atoms with Gasteiger partial charge in [0.05, 0.1) is 0 Å². The molecule has 1 unspecified atom stereocenters. The van der Waals surface area contributed by atoms with Crippen molar-refractivity contribution in [2.24, 2.45) is 0 Å². The topological polar surface area (TPSA) is 12.0 Å².